The highest BCUT2D eigenvalue weighted by atomic mass is 35.5. The topological polar surface area (TPSA) is 76.5 Å². The van der Waals surface area contributed by atoms with Crippen molar-refractivity contribution in [3.8, 4) is 0 Å². The number of carboxylic acids is 1. The molecule has 2 aromatic rings. The number of furan rings is 1. The van der Waals surface area contributed by atoms with E-state index >= 15 is 0 Å². The molecular formula is C13H12ClNO3S. The quantitative estimate of drug-likeness (QED) is 0.663. The van der Waals surface area contributed by atoms with Crippen LogP contribution in [0, 0.1) is 6.92 Å². The lowest BCUT2D eigenvalue weighted by Crippen LogP contribution is -1.94. The highest BCUT2D eigenvalue weighted by molar-refractivity contribution is 7.98. The standard InChI is InChI=1S/C13H12ClNO3S/c1-7-4-8(18-12(7)13(16)17)6-19-9-2-3-11(15)10(14)5-9/h2-5H,6,15H2,1H3,(H,16,17). The van der Waals surface area contributed by atoms with E-state index in [1.54, 1.807) is 25.1 Å². The number of anilines is 1. The number of benzene rings is 1. The molecule has 0 fully saturated rings. The summed E-state index contributed by atoms with van der Waals surface area (Å²) < 4.78 is 5.27. The van der Waals surface area contributed by atoms with E-state index in [-0.39, 0.29) is 5.76 Å². The molecule has 4 nitrogen and oxygen atoms in total. The maximum Gasteiger partial charge on any atom is 0.372 e. The number of nitrogen functional groups attached to an aromatic ring is 1. The molecule has 0 radical (unpaired) electrons. The zero-order valence-corrected chi connectivity index (χ0v) is 11.7. The van der Waals surface area contributed by atoms with Crippen molar-refractivity contribution in [3.63, 3.8) is 0 Å². The molecule has 2 rings (SSSR count). The van der Waals surface area contributed by atoms with Crippen LogP contribution in [0.1, 0.15) is 21.9 Å². The van der Waals surface area contributed by atoms with Crippen molar-refractivity contribution in [2.24, 2.45) is 0 Å². The van der Waals surface area contributed by atoms with Gasteiger partial charge in [-0.25, -0.2) is 4.79 Å². The molecule has 0 atom stereocenters. The Morgan fingerprint density at radius 1 is 1.47 bits per heavy atom. The summed E-state index contributed by atoms with van der Waals surface area (Å²) in [6.45, 7) is 1.71. The second-order valence-electron chi connectivity index (χ2n) is 4.00. The summed E-state index contributed by atoms with van der Waals surface area (Å²) in [5, 5.41) is 9.41. The summed E-state index contributed by atoms with van der Waals surface area (Å²) in [5.74, 6) is 0.0945. The number of nitrogens with two attached hydrogens (primary N) is 1. The average molecular weight is 298 g/mol. The Kier molecular flexibility index (Phi) is 4.07. The van der Waals surface area contributed by atoms with Crippen molar-refractivity contribution in [2.75, 3.05) is 5.73 Å². The van der Waals surface area contributed by atoms with Gasteiger partial charge in [0.2, 0.25) is 5.76 Å². The number of carbonyl (C=O) groups is 1. The fourth-order valence-corrected chi connectivity index (χ4v) is 2.65. The molecule has 3 N–H and O–H groups in total. The Balaban J connectivity index is 2.08. The summed E-state index contributed by atoms with van der Waals surface area (Å²) in [5.41, 5.74) is 6.79. The van der Waals surface area contributed by atoms with Crippen molar-refractivity contribution in [1.29, 1.82) is 0 Å². The Labute approximate surface area is 119 Å². The summed E-state index contributed by atoms with van der Waals surface area (Å²) in [4.78, 5) is 11.8. The Morgan fingerprint density at radius 2 is 2.21 bits per heavy atom. The average Bonchev–Trinajstić information content (AvgIpc) is 2.72. The van der Waals surface area contributed by atoms with Crippen LogP contribution in [-0.4, -0.2) is 11.1 Å². The number of halogens is 1. The van der Waals surface area contributed by atoms with Gasteiger partial charge in [-0.3, -0.25) is 0 Å². The van der Waals surface area contributed by atoms with E-state index in [4.69, 9.17) is 26.9 Å². The number of thioether (sulfide) groups is 1. The van der Waals surface area contributed by atoms with Crippen LogP contribution in [0.25, 0.3) is 0 Å². The molecule has 0 saturated carbocycles. The van der Waals surface area contributed by atoms with Gasteiger partial charge in [0, 0.05) is 10.5 Å². The van der Waals surface area contributed by atoms with Crippen LogP contribution in [0.4, 0.5) is 5.69 Å². The summed E-state index contributed by atoms with van der Waals surface area (Å²) in [6.07, 6.45) is 0. The minimum atomic E-state index is -1.05. The third-order valence-corrected chi connectivity index (χ3v) is 3.86. The van der Waals surface area contributed by atoms with Gasteiger partial charge in [-0.1, -0.05) is 11.6 Å². The zero-order valence-electron chi connectivity index (χ0n) is 10.1. The molecule has 100 valence electrons. The lowest BCUT2D eigenvalue weighted by molar-refractivity contribution is 0.0659. The van der Waals surface area contributed by atoms with Gasteiger partial charge in [-0.05, 0) is 31.2 Å². The first-order chi connectivity index (χ1) is 8.97. The molecule has 0 amide bonds. The van der Waals surface area contributed by atoms with Crippen LogP contribution < -0.4 is 5.73 Å². The van der Waals surface area contributed by atoms with Crippen LogP contribution in [0.5, 0.6) is 0 Å². The number of aryl methyl sites for hydroxylation is 1. The first kappa shape index (κ1) is 13.8. The lowest BCUT2D eigenvalue weighted by atomic mass is 10.3. The van der Waals surface area contributed by atoms with E-state index < -0.39 is 5.97 Å². The van der Waals surface area contributed by atoms with Crippen molar-refractivity contribution >= 4 is 35.0 Å². The lowest BCUT2D eigenvalue weighted by Gasteiger charge is -2.02. The normalized spacial score (nSPS) is 10.6. The van der Waals surface area contributed by atoms with Crippen molar-refractivity contribution in [2.45, 2.75) is 17.6 Å². The van der Waals surface area contributed by atoms with Crippen LogP contribution in [-0.2, 0) is 5.75 Å². The third kappa shape index (κ3) is 3.24. The molecule has 0 aliphatic carbocycles. The molecule has 6 heteroatoms. The highest BCUT2D eigenvalue weighted by Crippen LogP contribution is 2.29. The molecule has 0 unspecified atom stereocenters. The Bertz CT molecular complexity index is 624. The van der Waals surface area contributed by atoms with Gasteiger partial charge in [0.1, 0.15) is 5.76 Å². The first-order valence-electron chi connectivity index (χ1n) is 5.48. The molecule has 1 aromatic carbocycles. The number of aromatic carboxylic acids is 1. The van der Waals surface area contributed by atoms with E-state index in [9.17, 15) is 4.79 Å². The van der Waals surface area contributed by atoms with E-state index in [1.165, 1.54) is 11.8 Å². The monoisotopic (exact) mass is 297 g/mol. The first-order valence-corrected chi connectivity index (χ1v) is 6.84. The largest absolute Gasteiger partial charge is 0.475 e. The van der Waals surface area contributed by atoms with Gasteiger partial charge < -0.3 is 15.3 Å². The Morgan fingerprint density at radius 3 is 2.79 bits per heavy atom. The number of hydrogen-bond acceptors (Lipinski definition) is 4. The zero-order chi connectivity index (χ0) is 14.0. The highest BCUT2D eigenvalue weighted by Gasteiger charge is 2.14. The third-order valence-electron chi connectivity index (χ3n) is 2.52. The molecule has 19 heavy (non-hydrogen) atoms. The van der Waals surface area contributed by atoms with Gasteiger partial charge in [-0.15, -0.1) is 11.8 Å². The van der Waals surface area contributed by atoms with Crippen LogP contribution in [0.2, 0.25) is 5.02 Å². The molecule has 0 bridgehead atoms. The number of carboxylic acid groups (broad SMARTS) is 1. The minimum Gasteiger partial charge on any atom is -0.475 e. The molecular weight excluding hydrogens is 286 g/mol. The molecule has 0 saturated heterocycles. The SMILES string of the molecule is Cc1cc(CSc2ccc(N)c(Cl)c2)oc1C(=O)O. The smallest absolute Gasteiger partial charge is 0.372 e. The van der Waals surface area contributed by atoms with E-state index in [2.05, 4.69) is 0 Å². The van der Waals surface area contributed by atoms with Crippen molar-refractivity contribution in [3.05, 3.63) is 46.4 Å². The molecule has 0 aliphatic rings. The van der Waals surface area contributed by atoms with Crippen molar-refractivity contribution in [1.82, 2.24) is 0 Å². The molecule has 0 spiro atoms. The van der Waals surface area contributed by atoms with Crippen LogP contribution >= 0.6 is 23.4 Å². The summed E-state index contributed by atoms with van der Waals surface area (Å²) in [7, 11) is 0. The fraction of sp³-hybridized carbons (Fsp3) is 0.154. The second-order valence-corrected chi connectivity index (χ2v) is 5.46. The number of hydrogen-bond donors (Lipinski definition) is 2. The maximum absolute atomic E-state index is 10.9. The van der Waals surface area contributed by atoms with E-state index in [0.29, 0.717) is 27.8 Å². The maximum atomic E-state index is 10.9. The Hall–Kier alpha value is -1.59. The van der Waals surface area contributed by atoms with E-state index in [1.807, 2.05) is 6.07 Å². The summed E-state index contributed by atoms with van der Waals surface area (Å²) >= 11 is 7.43. The van der Waals surface area contributed by atoms with Crippen LogP contribution in [0.15, 0.2) is 33.6 Å². The molecule has 1 aromatic heterocycles. The van der Waals surface area contributed by atoms with Gasteiger partial charge in [0.05, 0.1) is 16.5 Å². The minimum absolute atomic E-state index is 0.00839. The van der Waals surface area contributed by atoms with Gasteiger partial charge in [-0.2, -0.15) is 0 Å². The fourth-order valence-electron chi connectivity index (χ4n) is 1.58. The number of rotatable bonds is 4. The van der Waals surface area contributed by atoms with Gasteiger partial charge >= 0.3 is 5.97 Å². The van der Waals surface area contributed by atoms with Gasteiger partial charge in [0.15, 0.2) is 0 Å². The summed E-state index contributed by atoms with van der Waals surface area (Å²) in [6, 6.07) is 7.10. The predicted octanol–water partition coefficient (Wildman–Crippen LogP) is 3.81. The predicted molar refractivity (Wildman–Crippen MR) is 75.8 cm³/mol. The molecule has 1 heterocycles. The van der Waals surface area contributed by atoms with Crippen molar-refractivity contribution < 1.29 is 14.3 Å². The second kappa shape index (κ2) is 5.59. The van der Waals surface area contributed by atoms with Gasteiger partial charge in [0.25, 0.3) is 0 Å². The molecule has 0 aliphatic heterocycles. The van der Waals surface area contributed by atoms with Crippen LogP contribution in [0.3, 0.4) is 0 Å². The van der Waals surface area contributed by atoms with E-state index in [0.717, 1.165) is 4.90 Å².